The van der Waals surface area contributed by atoms with Crippen molar-refractivity contribution in [2.75, 3.05) is 18.1 Å². The Labute approximate surface area is 193 Å². The number of nitriles is 1. The van der Waals surface area contributed by atoms with Crippen LogP contribution in [0.15, 0.2) is 60.8 Å². The number of anilines is 1. The number of nitrogens with one attached hydrogen (secondary N) is 1. The van der Waals surface area contributed by atoms with Gasteiger partial charge in [-0.1, -0.05) is 18.2 Å². The minimum absolute atomic E-state index is 0.186. The highest BCUT2D eigenvalue weighted by Crippen LogP contribution is 2.38. The van der Waals surface area contributed by atoms with Crippen LogP contribution in [0.5, 0.6) is 5.75 Å². The summed E-state index contributed by atoms with van der Waals surface area (Å²) in [4.78, 5) is 19.8. The molecular weight excluding hydrogens is 412 g/mol. The number of fused-ring (bicyclic) bond motifs is 2. The Bertz CT molecular complexity index is 1230. The van der Waals surface area contributed by atoms with Crippen LogP contribution >= 0.6 is 0 Å². The van der Waals surface area contributed by atoms with Crippen molar-refractivity contribution in [1.29, 1.82) is 5.26 Å². The summed E-state index contributed by atoms with van der Waals surface area (Å²) in [5.74, 6) is 0.496. The fourth-order valence-electron chi connectivity index (χ4n) is 4.56. The Kier molecular flexibility index (Phi) is 5.47. The van der Waals surface area contributed by atoms with Crippen molar-refractivity contribution in [2.24, 2.45) is 0 Å². The first-order valence-electron chi connectivity index (χ1n) is 11.3. The molecule has 1 N–H and O–H groups in total. The maximum atomic E-state index is 12.9. The van der Waals surface area contributed by atoms with Gasteiger partial charge in [0.15, 0.2) is 0 Å². The highest BCUT2D eigenvalue weighted by Gasteiger charge is 2.34. The predicted octanol–water partition coefficient (Wildman–Crippen LogP) is 4.14. The first-order valence-corrected chi connectivity index (χ1v) is 11.3. The zero-order chi connectivity index (χ0) is 22.8. The van der Waals surface area contributed by atoms with Crippen LogP contribution in [0.25, 0.3) is 0 Å². The van der Waals surface area contributed by atoms with E-state index in [9.17, 15) is 10.1 Å². The molecule has 33 heavy (non-hydrogen) atoms. The number of rotatable bonds is 4. The average molecular weight is 439 g/mol. The Hall–Kier alpha value is -3.85. The largest absolute Gasteiger partial charge is 0.493 e. The van der Waals surface area contributed by atoms with Crippen molar-refractivity contribution < 1.29 is 9.53 Å². The number of para-hydroxylation sites is 1. The molecule has 0 fully saturated rings. The van der Waals surface area contributed by atoms with Crippen LogP contribution < -0.4 is 15.0 Å². The highest BCUT2D eigenvalue weighted by atomic mass is 16.5. The number of amides is 1. The lowest BCUT2D eigenvalue weighted by molar-refractivity contribution is 0.0950. The number of nitrogens with zero attached hydrogens (tertiary/aromatic N) is 3. The summed E-state index contributed by atoms with van der Waals surface area (Å²) >= 11 is 0. The van der Waals surface area contributed by atoms with Crippen LogP contribution in [0.2, 0.25) is 0 Å². The van der Waals surface area contributed by atoms with Gasteiger partial charge >= 0.3 is 0 Å². The van der Waals surface area contributed by atoms with Crippen molar-refractivity contribution in [2.45, 2.75) is 38.3 Å². The van der Waals surface area contributed by atoms with Gasteiger partial charge in [-0.3, -0.25) is 9.78 Å². The molecule has 1 amide bonds. The van der Waals surface area contributed by atoms with E-state index >= 15 is 0 Å². The van der Waals surface area contributed by atoms with Crippen molar-refractivity contribution in [1.82, 2.24) is 10.3 Å². The van der Waals surface area contributed by atoms with Gasteiger partial charge in [0.05, 0.1) is 30.3 Å². The average Bonchev–Trinajstić information content (AvgIpc) is 2.87. The molecule has 1 unspecified atom stereocenters. The lowest BCUT2D eigenvalue weighted by Crippen LogP contribution is -2.31. The summed E-state index contributed by atoms with van der Waals surface area (Å²) in [5, 5.41) is 12.6. The molecule has 1 atom stereocenters. The van der Waals surface area contributed by atoms with E-state index in [0.717, 1.165) is 30.8 Å². The second-order valence-corrected chi connectivity index (χ2v) is 8.89. The normalized spacial score (nSPS) is 19.0. The molecule has 0 saturated carbocycles. The second-order valence-electron chi connectivity index (χ2n) is 8.89. The molecule has 6 nitrogen and oxygen atoms in total. The smallest absolute Gasteiger partial charge is 0.251 e. The van der Waals surface area contributed by atoms with Crippen molar-refractivity contribution in [3.8, 4) is 11.8 Å². The first kappa shape index (κ1) is 21.0. The number of hydrogen-bond acceptors (Lipinski definition) is 5. The number of aromatic nitrogens is 1. The van der Waals surface area contributed by atoms with E-state index in [4.69, 9.17) is 4.74 Å². The van der Waals surface area contributed by atoms with Gasteiger partial charge in [-0.05, 0) is 60.9 Å². The molecule has 0 aliphatic carbocycles. The van der Waals surface area contributed by atoms with Crippen LogP contribution in [0.3, 0.4) is 0 Å². The lowest BCUT2D eigenvalue weighted by Gasteiger charge is -2.30. The van der Waals surface area contributed by atoms with Gasteiger partial charge in [-0.15, -0.1) is 0 Å². The van der Waals surface area contributed by atoms with Crippen LogP contribution in [0.1, 0.15) is 46.1 Å². The third-order valence-electron chi connectivity index (χ3n) is 6.65. The van der Waals surface area contributed by atoms with Gasteiger partial charge in [-0.2, -0.15) is 5.26 Å². The second kappa shape index (κ2) is 8.59. The molecule has 2 aliphatic rings. The molecule has 0 bridgehead atoms. The molecule has 0 saturated heterocycles. The maximum Gasteiger partial charge on any atom is 0.251 e. The summed E-state index contributed by atoms with van der Waals surface area (Å²) < 4.78 is 5.68. The van der Waals surface area contributed by atoms with Gasteiger partial charge in [0.25, 0.3) is 5.91 Å². The van der Waals surface area contributed by atoms with Crippen molar-refractivity contribution in [3.63, 3.8) is 0 Å². The Balaban J connectivity index is 1.29. The van der Waals surface area contributed by atoms with Gasteiger partial charge in [-0.25, -0.2) is 0 Å². The molecule has 0 radical (unpaired) electrons. The quantitative estimate of drug-likeness (QED) is 0.662. The summed E-state index contributed by atoms with van der Waals surface area (Å²) in [6, 6.07) is 20.2. The van der Waals surface area contributed by atoms with E-state index in [2.05, 4.69) is 51.6 Å². The third kappa shape index (κ3) is 4.14. The topological polar surface area (TPSA) is 78.2 Å². The number of hydrogen-bond donors (Lipinski definition) is 1. The molecule has 1 aromatic heterocycles. The fraction of sp³-hybridized carbons (Fsp3) is 0.296. The summed E-state index contributed by atoms with van der Waals surface area (Å²) in [6.07, 6.45) is 3.51. The van der Waals surface area contributed by atoms with Gasteiger partial charge < -0.3 is 15.0 Å². The zero-order valence-corrected chi connectivity index (χ0v) is 18.7. The molecule has 6 heteroatoms. The van der Waals surface area contributed by atoms with E-state index in [1.807, 2.05) is 19.2 Å². The van der Waals surface area contributed by atoms with Gasteiger partial charge in [0.1, 0.15) is 5.75 Å². The van der Waals surface area contributed by atoms with Crippen molar-refractivity contribution >= 4 is 11.6 Å². The van der Waals surface area contributed by atoms with E-state index < -0.39 is 5.41 Å². The molecule has 2 aromatic carbocycles. The standard InChI is InChI=1S/C27H26N4O2/c1-27(18-28)10-12-33-25-8-7-19(14-24(25)27)26(32)30-16-22-13-21-17-31(11-9-20(21)15-29-22)23-5-3-2-4-6-23/h2-8,13-15H,9-12,16-17H2,1H3,(H,30,32). The number of carbonyl (C=O) groups is 1. The molecular formula is C27H26N4O2. The number of ether oxygens (including phenoxy) is 1. The predicted molar refractivity (Wildman–Crippen MR) is 126 cm³/mol. The Morgan fingerprint density at radius 2 is 2.06 bits per heavy atom. The van der Waals surface area contributed by atoms with Crippen LogP contribution in [-0.2, 0) is 24.9 Å². The fourth-order valence-corrected chi connectivity index (χ4v) is 4.56. The van der Waals surface area contributed by atoms with Gasteiger partial charge in [0.2, 0.25) is 0 Å². The molecule has 166 valence electrons. The Morgan fingerprint density at radius 1 is 1.21 bits per heavy atom. The monoisotopic (exact) mass is 438 g/mol. The van der Waals surface area contributed by atoms with Crippen molar-refractivity contribution in [3.05, 3.63) is 88.7 Å². The minimum atomic E-state index is -0.644. The third-order valence-corrected chi connectivity index (χ3v) is 6.65. The van der Waals surface area contributed by atoms with Crippen LogP contribution in [-0.4, -0.2) is 24.0 Å². The molecule has 2 aliphatic heterocycles. The van der Waals surface area contributed by atoms with E-state index in [0.29, 0.717) is 30.9 Å². The molecule has 3 heterocycles. The first-order chi connectivity index (χ1) is 16.1. The van der Waals surface area contributed by atoms with E-state index in [1.165, 1.54) is 16.8 Å². The van der Waals surface area contributed by atoms with E-state index in [1.54, 1.807) is 18.2 Å². The van der Waals surface area contributed by atoms with Crippen LogP contribution in [0, 0.1) is 11.3 Å². The Morgan fingerprint density at radius 3 is 2.88 bits per heavy atom. The number of pyridine rings is 1. The minimum Gasteiger partial charge on any atom is -0.493 e. The zero-order valence-electron chi connectivity index (χ0n) is 18.7. The number of benzene rings is 2. The summed E-state index contributed by atoms with van der Waals surface area (Å²) in [5.41, 5.74) is 5.22. The molecule has 5 rings (SSSR count). The highest BCUT2D eigenvalue weighted by molar-refractivity contribution is 5.94. The summed E-state index contributed by atoms with van der Waals surface area (Å²) in [6.45, 7) is 4.56. The molecule has 0 spiro atoms. The van der Waals surface area contributed by atoms with Crippen LogP contribution in [0.4, 0.5) is 5.69 Å². The number of carbonyl (C=O) groups excluding carboxylic acids is 1. The van der Waals surface area contributed by atoms with Gasteiger partial charge in [0, 0.05) is 42.5 Å². The SMILES string of the molecule is CC1(C#N)CCOc2ccc(C(=O)NCc3cc4c(cn3)CCN(c3ccccc3)C4)cc21. The molecule has 3 aromatic rings. The lowest BCUT2D eigenvalue weighted by atomic mass is 9.78. The van der Waals surface area contributed by atoms with E-state index in [-0.39, 0.29) is 5.91 Å². The maximum absolute atomic E-state index is 12.9. The summed E-state index contributed by atoms with van der Waals surface area (Å²) in [7, 11) is 0.